The highest BCUT2D eigenvalue weighted by atomic mass is 16.2. The summed E-state index contributed by atoms with van der Waals surface area (Å²) >= 11 is 0. The Labute approximate surface area is 128 Å². The van der Waals surface area contributed by atoms with Crippen LogP contribution in [0.25, 0.3) is 0 Å². The second-order valence-electron chi connectivity index (χ2n) is 7.24. The van der Waals surface area contributed by atoms with Gasteiger partial charge >= 0.3 is 0 Å². The Balaban J connectivity index is 1.94. The third kappa shape index (κ3) is 3.77. The average molecular weight is 291 g/mol. The standard InChI is InChI=1S/C17H29N3O/c1-13(2)17(3,12-18)19-16(21)11-20-10-6-8-14-7-4-5-9-15(14)20/h13-15H,4-11H2,1-3H3,(H,19,21). The van der Waals surface area contributed by atoms with Crippen molar-refractivity contribution in [1.82, 2.24) is 10.2 Å². The molecule has 0 aromatic carbocycles. The van der Waals surface area contributed by atoms with Crippen molar-refractivity contribution in [3.8, 4) is 6.07 Å². The monoisotopic (exact) mass is 291 g/mol. The SMILES string of the molecule is CC(C)C(C)(C#N)NC(=O)CN1CCCC2CCCCC21. The van der Waals surface area contributed by atoms with Crippen molar-refractivity contribution in [2.45, 2.75) is 70.9 Å². The molecule has 4 heteroatoms. The molecule has 1 amide bonds. The molecule has 1 saturated heterocycles. The van der Waals surface area contributed by atoms with Crippen molar-refractivity contribution in [3.63, 3.8) is 0 Å². The first-order chi connectivity index (χ1) is 9.96. The van der Waals surface area contributed by atoms with Gasteiger partial charge in [0.05, 0.1) is 12.6 Å². The van der Waals surface area contributed by atoms with Crippen LogP contribution in [-0.4, -0.2) is 35.5 Å². The van der Waals surface area contributed by atoms with Gasteiger partial charge in [-0.1, -0.05) is 26.7 Å². The molecule has 4 nitrogen and oxygen atoms in total. The molecular weight excluding hydrogens is 262 g/mol. The lowest BCUT2D eigenvalue weighted by Crippen LogP contribution is -2.55. The van der Waals surface area contributed by atoms with E-state index in [1.807, 2.05) is 20.8 Å². The van der Waals surface area contributed by atoms with E-state index in [2.05, 4.69) is 16.3 Å². The normalized spacial score (nSPS) is 29.3. The number of fused-ring (bicyclic) bond motifs is 1. The summed E-state index contributed by atoms with van der Waals surface area (Å²) in [5, 5.41) is 12.3. The fourth-order valence-electron chi connectivity index (χ4n) is 3.74. The number of nitrogens with one attached hydrogen (secondary N) is 1. The number of amides is 1. The van der Waals surface area contributed by atoms with Crippen molar-refractivity contribution in [2.75, 3.05) is 13.1 Å². The van der Waals surface area contributed by atoms with E-state index in [9.17, 15) is 10.1 Å². The molecule has 1 aliphatic heterocycles. The summed E-state index contributed by atoms with van der Waals surface area (Å²) in [5.74, 6) is 0.891. The maximum Gasteiger partial charge on any atom is 0.235 e. The number of piperidine rings is 1. The Hall–Kier alpha value is -1.08. The van der Waals surface area contributed by atoms with Gasteiger partial charge in [-0.15, -0.1) is 0 Å². The summed E-state index contributed by atoms with van der Waals surface area (Å²) in [6, 6.07) is 2.84. The minimum atomic E-state index is -0.765. The van der Waals surface area contributed by atoms with Gasteiger partial charge in [0.1, 0.15) is 5.54 Å². The molecule has 1 N–H and O–H groups in total. The average Bonchev–Trinajstić information content (AvgIpc) is 2.47. The van der Waals surface area contributed by atoms with Crippen LogP contribution in [-0.2, 0) is 4.79 Å². The molecule has 0 radical (unpaired) electrons. The highest BCUT2D eigenvalue weighted by Crippen LogP contribution is 2.35. The Bertz CT molecular complexity index is 413. The van der Waals surface area contributed by atoms with Gasteiger partial charge < -0.3 is 5.32 Å². The molecule has 0 spiro atoms. The van der Waals surface area contributed by atoms with Crippen LogP contribution in [0.5, 0.6) is 0 Å². The fraction of sp³-hybridized carbons (Fsp3) is 0.882. The summed E-state index contributed by atoms with van der Waals surface area (Å²) < 4.78 is 0. The fourth-order valence-corrected chi connectivity index (χ4v) is 3.74. The molecule has 0 aromatic heterocycles. The number of carbonyl (C=O) groups is 1. The van der Waals surface area contributed by atoms with E-state index in [1.165, 1.54) is 38.5 Å². The van der Waals surface area contributed by atoms with Crippen molar-refractivity contribution < 1.29 is 4.79 Å². The van der Waals surface area contributed by atoms with Crippen molar-refractivity contribution in [3.05, 3.63) is 0 Å². The number of rotatable bonds is 4. The van der Waals surface area contributed by atoms with Gasteiger partial charge in [0.25, 0.3) is 0 Å². The Morgan fingerprint density at radius 3 is 2.67 bits per heavy atom. The molecule has 3 atom stereocenters. The summed E-state index contributed by atoms with van der Waals surface area (Å²) in [6.45, 7) is 7.24. The van der Waals surface area contributed by atoms with Gasteiger partial charge in [0, 0.05) is 6.04 Å². The van der Waals surface area contributed by atoms with Crippen LogP contribution in [0, 0.1) is 23.2 Å². The van der Waals surface area contributed by atoms with E-state index in [1.54, 1.807) is 0 Å². The Kier molecular flexibility index (Phi) is 5.27. The summed E-state index contributed by atoms with van der Waals surface area (Å²) in [4.78, 5) is 14.7. The van der Waals surface area contributed by atoms with Crippen LogP contribution in [0.3, 0.4) is 0 Å². The van der Waals surface area contributed by atoms with Crippen LogP contribution in [0.2, 0.25) is 0 Å². The largest absolute Gasteiger partial charge is 0.337 e. The molecule has 2 aliphatic rings. The van der Waals surface area contributed by atoms with Gasteiger partial charge in [0.15, 0.2) is 0 Å². The zero-order chi connectivity index (χ0) is 15.5. The molecule has 1 heterocycles. The van der Waals surface area contributed by atoms with Crippen molar-refractivity contribution in [2.24, 2.45) is 11.8 Å². The first-order valence-corrected chi connectivity index (χ1v) is 8.42. The van der Waals surface area contributed by atoms with E-state index in [-0.39, 0.29) is 11.8 Å². The molecule has 21 heavy (non-hydrogen) atoms. The molecule has 118 valence electrons. The number of carbonyl (C=O) groups excluding carboxylic acids is 1. The van der Waals surface area contributed by atoms with Gasteiger partial charge in [-0.05, 0) is 51.0 Å². The number of hydrogen-bond acceptors (Lipinski definition) is 3. The zero-order valence-corrected chi connectivity index (χ0v) is 13.7. The van der Waals surface area contributed by atoms with Crippen LogP contribution >= 0.6 is 0 Å². The summed E-state index contributed by atoms with van der Waals surface area (Å²) in [5.41, 5.74) is -0.765. The van der Waals surface area contributed by atoms with E-state index in [4.69, 9.17) is 0 Å². The predicted molar refractivity (Wildman–Crippen MR) is 83.6 cm³/mol. The zero-order valence-electron chi connectivity index (χ0n) is 13.7. The highest BCUT2D eigenvalue weighted by Gasteiger charge is 2.35. The number of likely N-dealkylation sites (tertiary alicyclic amines) is 1. The molecular formula is C17H29N3O. The van der Waals surface area contributed by atoms with Gasteiger partial charge in [-0.25, -0.2) is 0 Å². The number of nitrogens with zero attached hydrogens (tertiary/aromatic N) is 2. The minimum Gasteiger partial charge on any atom is -0.337 e. The van der Waals surface area contributed by atoms with Gasteiger partial charge in [-0.2, -0.15) is 5.26 Å². The van der Waals surface area contributed by atoms with Gasteiger partial charge in [0.2, 0.25) is 5.91 Å². The van der Waals surface area contributed by atoms with E-state index in [0.717, 1.165) is 12.5 Å². The lowest BCUT2D eigenvalue weighted by molar-refractivity contribution is -0.125. The second-order valence-corrected chi connectivity index (χ2v) is 7.24. The maximum atomic E-state index is 12.4. The van der Waals surface area contributed by atoms with Gasteiger partial charge in [-0.3, -0.25) is 9.69 Å². The third-order valence-electron chi connectivity index (χ3n) is 5.49. The molecule has 1 saturated carbocycles. The third-order valence-corrected chi connectivity index (χ3v) is 5.49. The van der Waals surface area contributed by atoms with E-state index >= 15 is 0 Å². The van der Waals surface area contributed by atoms with E-state index in [0.29, 0.717) is 12.6 Å². The van der Waals surface area contributed by atoms with E-state index < -0.39 is 5.54 Å². The Morgan fingerprint density at radius 2 is 2.00 bits per heavy atom. The molecule has 0 aromatic rings. The van der Waals surface area contributed by atoms with Crippen molar-refractivity contribution >= 4 is 5.91 Å². The highest BCUT2D eigenvalue weighted by molar-refractivity contribution is 5.79. The lowest BCUT2D eigenvalue weighted by atomic mass is 9.78. The van der Waals surface area contributed by atoms with Crippen LogP contribution in [0.4, 0.5) is 0 Å². The molecule has 0 bridgehead atoms. The smallest absolute Gasteiger partial charge is 0.235 e. The molecule has 2 fully saturated rings. The quantitative estimate of drug-likeness (QED) is 0.866. The second kappa shape index (κ2) is 6.79. The van der Waals surface area contributed by atoms with Crippen LogP contribution in [0.1, 0.15) is 59.3 Å². The van der Waals surface area contributed by atoms with Crippen LogP contribution in [0.15, 0.2) is 0 Å². The maximum absolute atomic E-state index is 12.4. The minimum absolute atomic E-state index is 0.000950. The summed E-state index contributed by atoms with van der Waals surface area (Å²) in [7, 11) is 0. The summed E-state index contributed by atoms with van der Waals surface area (Å²) in [6.07, 6.45) is 7.73. The lowest BCUT2D eigenvalue weighted by Gasteiger charge is -2.44. The molecule has 3 unspecified atom stereocenters. The van der Waals surface area contributed by atoms with Crippen LogP contribution < -0.4 is 5.32 Å². The van der Waals surface area contributed by atoms with Crippen molar-refractivity contribution in [1.29, 1.82) is 5.26 Å². The predicted octanol–water partition coefficient (Wildman–Crippen LogP) is 2.70. The first kappa shape index (κ1) is 16.3. The topological polar surface area (TPSA) is 56.1 Å². The first-order valence-electron chi connectivity index (χ1n) is 8.42. The number of hydrogen-bond donors (Lipinski definition) is 1. The number of nitriles is 1. The molecule has 1 aliphatic carbocycles. The Morgan fingerprint density at radius 1 is 1.33 bits per heavy atom. The molecule has 2 rings (SSSR count).